The molecule has 1 amide bonds. The van der Waals surface area contributed by atoms with Gasteiger partial charge in [-0.1, -0.05) is 12.1 Å². The molecule has 0 radical (unpaired) electrons. The minimum Gasteiger partial charge on any atom is -0.399 e. The van der Waals surface area contributed by atoms with E-state index in [2.05, 4.69) is 5.32 Å². The Kier molecular flexibility index (Phi) is 4.43. The predicted octanol–water partition coefficient (Wildman–Crippen LogP) is 1.89. The maximum atomic E-state index is 12.0. The molecule has 1 saturated heterocycles. The molecule has 1 unspecified atom stereocenters. The van der Waals surface area contributed by atoms with Gasteiger partial charge in [0.2, 0.25) is 5.91 Å². The van der Waals surface area contributed by atoms with Crippen LogP contribution in [0.1, 0.15) is 31.7 Å². The van der Waals surface area contributed by atoms with Crippen LogP contribution in [0.15, 0.2) is 24.3 Å². The fourth-order valence-electron chi connectivity index (χ4n) is 2.44. The van der Waals surface area contributed by atoms with E-state index in [0.717, 1.165) is 30.7 Å². The van der Waals surface area contributed by atoms with E-state index in [1.165, 1.54) is 0 Å². The van der Waals surface area contributed by atoms with Crippen molar-refractivity contribution in [2.24, 2.45) is 0 Å². The molecule has 1 atom stereocenters. The first-order valence-electron chi connectivity index (χ1n) is 6.81. The topological polar surface area (TPSA) is 64.4 Å². The summed E-state index contributed by atoms with van der Waals surface area (Å²) in [5.41, 5.74) is 7.35. The van der Waals surface area contributed by atoms with E-state index < -0.39 is 0 Å². The Balaban J connectivity index is 1.81. The van der Waals surface area contributed by atoms with Gasteiger partial charge in [-0.3, -0.25) is 4.79 Å². The highest BCUT2D eigenvalue weighted by molar-refractivity contribution is 5.77. The van der Waals surface area contributed by atoms with Crippen LogP contribution in [-0.4, -0.2) is 24.7 Å². The average molecular weight is 262 g/mol. The SMILES string of the molecule is CC1(NC(=O)CCc2cccc(N)c2)CCCOC1. The van der Waals surface area contributed by atoms with Gasteiger partial charge in [-0.05, 0) is 43.9 Å². The fraction of sp³-hybridized carbons (Fsp3) is 0.533. The number of aryl methyl sites for hydroxylation is 1. The van der Waals surface area contributed by atoms with Gasteiger partial charge in [0.15, 0.2) is 0 Å². The molecule has 19 heavy (non-hydrogen) atoms. The van der Waals surface area contributed by atoms with Crippen LogP contribution in [0.3, 0.4) is 0 Å². The molecule has 4 heteroatoms. The summed E-state index contributed by atoms with van der Waals surface area (Å²) < 4.78 is 5.43. The number of ether oxygens (including phenoxy) is 1. The Hall–Kier alpha value is -1.55. The van der Waals surface area contributed by atoms with Crippen LogP contribution in [0.5, 0.6) is 0 Å². The third kappa shape index (κ3) is 4.24. The van der Waals surface area contributed by atoms with E-state index in [0.29, 0.717) is 19.4 Å². The maximum Gasteiger partial charge on any atom is 0.220 e. The molecule has 104 valence electrons. The molecule has 1 aromatic rings. The summed E-state index contributed by atoms with van der Waals surface area (Å²) in [5.74, 6) is 0.0791. The number of nitrogens with two attached hydrogens (primary N) is 1. The summed E-state index contributed by atoms with van der Waals surface area (Å²) in [6.45, 7) is 3.45. The van der Waals surface area contributed by atoms with Crippen LogP contribution in [-0.2, 0) is 16.0 Å². The summed E-state index contributed by atoms with van der Waals surface area (Å²) in [7, 11) is 0. The zero-order valence-electron chi connectivity index (χ0n) is 11.4. The van der Waals surface area contributed by atoms with Crippen LogP contribution >= 0.6 is 0 Å². The highest BCUT2D eigenvalue weighted by Gasteiger charge is 2.28. The van der Waals surface area contributed by atoms with E-state index in [9.17, 15) is 4.79 Å². The average Bonchev–Trinajstić information content (AvgIpc) is 2.37. The van der Waals surface area contributed by atoms with Gasteiger partial charge < -0.3 is 15.8 Å². The van der Waals surface area contributed by atoms with Gasteiger partial charge in [0, 0.05) is 18.7 Å². The van der Waals surface area contributed by atoms with Crippen molar-refractivity contribution in [1.29, 1.82) is 0 Å². The smallest absolute Gasteiger partial charge is 0.220 e. The molecule has 0 aromatic heterocycles. The van der Waals surface area contributed by atoms with E-state index in [4.69, 9.17) is 10.5 Å². The van der Waals surface area contributed by atoms with Gasteiger partial charge in [0.1, 0.15) is 0 Å². The van der Waals surface area contributed by atoms with Crippen molar-refractivity contribution in [2.45, 2.75) is 38.1 Å². The molecule has 0 aliphatic carbocycles. The van der Waals surface area contributed by atoms with Crippen molar-refractivity contribution in [2.75, 3.05) is 18.9 Å². The second kappa shape index (κ2) is 6.06. The molecule has 2 rings (SSSR count). The lowest BCUT2D eigenvalue weighted by Crippen LogP contribution is -2.51. The van der Waals surface area contributed by atoms with Crippen molar-refractivity contribution in [3.05, 3.63) is 29.8 Å². The van der Waals surface area contributed by atoms with Crippen molar-refractivity contribution in [1.82, 2.24) is 5.32 Å². The lowest BCUT2D eigenvalue weighted by molar-refractivity contribution is -0.124. The molecule has 0 spiro atoms. The van der Waals surface area contributed by atoms with E-state index >= 15 is 0 Å². The zero-order chi connectivity index (χ0) is 13.7. The number of carbonyl (C=O) groups is 1. The Bertz CT molecular complexity index is 440. The number of anilines is 1. The first kappa shape index (κ1) is 13.9. The molecular formula is C15H22N2O2. The Morgan fingerprint density at radius 3 is 3.05 bits per heavy atom. The highest BCUT2D eigenvalue weighted by Crippen LogP contribution is 2.18. The van der Waals surface area contributed by atoms with Gasteiger partial charge in [0.05, 0.1) is 12.1 Å². The third-order valence-corrected chi connectivity index (χ3v) is 3.47. The Labute approximate surface area is 114 Å². The fourth-order valence-corrected chi connectivity index (χ4v) is 2.44. The second-order valence-electron chi connectivity index (χ2n) is 5.51. The van der Waals surface area contributed by atoms with Crippen LogP contribution in [0, 0.1) is 0 Å². The van der Waals surface area contributed by atoms with Gasteiger partial charge in [-0.25, -0.2) is 0 Å². The summed E-state index contributed by atoms with van der Waals surface area (Å²) in [5, 5.41) is 3.08. The van der Waals surface area contributed by atoms with Gasteiger partial charge in [-0.15, -0.1) is 0 Å². The first-order valence-corrected chi connectivity index (χ1v) is 6.81. The highest BCUT2D eigenvalue weighted by atomic mass is 16.5. The monoisotopic (exact) mass is 262 g/mol. The van der Waals surface area contributed by atoms with E-state index in [1.54, 1.807) is 0 Å². The minimum atomic E-state index is -0.203. The molecule has 4 nitrogen and oxygen atoms in total. The molecule has 1 aliphatic rings. The maximum absolute atomic E-state index is 12.0. The summed E-state index contributed by atoms with van der Waals surface area (Å²) in [4.78, 5) is 12.0. The Morgan fingerprint density at radius 1 is 1.53 bits per heavy atom. The number of carbonyl (C=O) groups excluding carboxylic acids is 1. The first-order chi connectivity index (χ1) is 9.07. The van der Waals surface area contributed by atoms with Crippen LogP contribution in [0.2, 0.25) is 0 Å². The Morgan fingerprint density at radius 2 is 2.37 bits per heavy atom. The van der Waals surface area contributed by atoms with E-state index in [1.807, 2.05) is 31.2 Å². The number of hydrogen-bond donors (Lipinski definition) is 2. The number of nitrogen functional groups attached to an aromatic ring is 1. The lowest BCUT2D eigenvalue weighted by Gasteiger charge is -2.34. The van der Waals surface area contributed by atoms with Gasteiger partial charge in [0.25, 0.3) is 0 Å². The molecule has 1 heterocycles. The molecule has 0 saturated carbocycles. The molecule has 1 aromatic carbocycles. The predicted molar refractivity (Wildman–Crippen MR) is 75.8 cm³/mol. The van der Waals surface area contributed by atoms with Crippen molar-refractivity contribution in [3.63, 3.8) is 0 Å². The van der Waals surface area contributed by atoms with Crippen molar-refractivity contribution >= 4 is 11.6 Å². The number of rotatable bonds is 4. The quantitative estimate of drug-likeness (QED) is 0.814. The standard InChI is InChI=1S/C15H22N2O2/c1-15(8-3-9-19-11-15)17-14(18)7-6-12-4-2-5-13(16)10-12/h2,4-5,10H,3,6-9,11,16H2,1H3,(H,17,18). The largest absolute Gasteiger partial charge is 0.399 e. The molecular weight excluding hydrogens is 240 g/mol. The third-order valence-electron chi connectivity index (χ3n) is 3.47. The number of amides is 1. The van der Waals surface area contributed by atoms with Gasteiger partial charge in [-0.2, -0.15) is 0 Å². The van der Waals surface area contributed by atoms with Crippen LogP contribution < -0.4 is 11.1 Å². The molecule has 1 fully saturated rings. The minimum absolute atomic E-state index is 0.0791. The second-order valence-corrected chi connectivity index (χ2v) is 5.51. The van der Waals surface area contributed by atoms with Crippen LogP contribution in [0.25, 0.3) is 0 Å². The summed E-state index contributed by atoms with van der Waals surface area (Å²) in [6.07, 6.45) is 3.19. The van der Waals surface area contributed by atoms with E-state index in [-0.39, 0.29) is 11.4 Å². The number of nitrogens with one attached hydrogen (secondary N) is 1. The molecule has 0 bridgehead atoms. The zero-order valence-corrected chi connectivity index (χ0v) is 11.4. The lowest BCUT2D eigenvalue weighted by atomic mass is 9.94. The number of benzene rings is 1. The normalized spacial score (nSPS) is 23.0. The molecule has 1 aliphatic heterocycles. The van der Waals surface area contributed by atoms with Crippen molar-refractivity contribution < 1.29 is 9.53 Å². The summed E-state index contributed by atoms with van der Waals surface area (Å²) >= 11 is 0. The molecule has 3 N–H and O–H groups in total. The van der Waals surface area contributed by atoms with Gasteiger partial charge >= 0.3 is 0 Å². The van der Waals surface area contributed by atoms with Crippen LogP contribution in [0.4, 0.5) is 5.69 Å². The number of hydrogen-bond acceptors (Lipinski definition) is 3. The van der Waals surface area contributed by atoms with Crippen molar-refractivity contribution in [3.8, 4) is 0 Å². The summed E-state index contributed by atoms with van der Waals surface area (Å²) in [6, 6.07) is 7.68.